The SMILES string of the molecule is CCC(CC)(C(=O)Cc1ccc(Br)cc1)c1ccccc1. The zero-order chi connectivity index (χ0) is 15.3. The van der Waals surface area contributed by atoms with E-state index in [9.17, 15) is 4.79 Å². The van der Waals surface area contributed by atoms with E-state index in [-0.39, 0.29) is 5.41 Å². The predicted molar refractivity (Wildman–Crippen MR) is 91.6 cm³/mol. The summed E-state index contributed by atoms with van der Waals surface area (Å²) in [6.45, 7) is 4.21. The molecule has 0 saturated heterocycles. The van der Waals surface area contributed by atoms with Crippen LogP contribution in [0, 0.1) is 0 Å². The maximum atomic E-state index is 13.0. The fourth-order valence-corrected chi connectivity index (χ4v) is 3.19. The number of carbonyl (C=O) groups is 1. The van der Waals surface area contributed by atoms with Crippen LogP contribution in [-0.4, -0.2) is 5.78 Å². The third-order valence-corrected chi connectivity index (χ3v) is 4.87. The van der Waals surface area contributed by atoms with E-state index >= 15 is 0 Å². The van der Waals surface area contributed by atoms with E-state index in [1.54, 1.807) is 0 Å². The van der Waals surface area contributed by atoms with Gasteiger partial charge in [0, 0.05) is 10.9 Å². The average molecular weight is 345 g/mol. The van der Waals surface area contributed by atoms with Crippen LogP contribution in [0.25, 0.3) is 0 Å². The molecule has 0 radical (unpaired) electrons. The normalized spacial score (nSPS) is 11.4. The van der Waals surface area contributed by atoms with Gasteiger partial charge in [-0.2, -0.15) is 0 Å². The molecule has 2 aromatic rings. The largest absolute Gasteiger partial charge is 0.298 e. The molecule has 0 saturated carbocycles. The first-order valence-electron chi connectivity index (χ1n) is 7.45. The molecule has 0 aliphatic carbocycles. The molecule has 0 spiro atoms. The molecule has 0 aliphatic heterocycles. The fraction of sp³-hybridized carbons (Fsp3) is 0.316. The zero-order valence-corrected chi connectivity index (χ0v) is 14.2. The van der Waals surface area contributed by atoms with Crippen LogP contribution in [-0.2, 0) is 16.6 Å². The van der Waals surface area contributed by atoms with Gasteiger partial charge in [0.15, 0.2) is 0 Å². The summed E-state index contributed by atoms with van der Waals surface area (Å²) in [4.78, 5) is 13.0. The van der Waals surface area contributed by atoms with Crippen LogP contribution in [0.2, 0.25) is 0 Å². The van der Waals surface area contributed by atoms with Crippen molar-refractivity contribution in [3.8, 4) is 0 Å². The first kappa shape index (κ1) is 16.0. The van der Waals surface area contributed by atoms with Crippen molar-refractivity contribution in [2.24, 2.45) is 0 Å². The van der Waals surface area contributed by atoms with Crippen LogP contribution in [0.1, 0.15) is 37.8 Å². The lowest BCUT2D eigenvalue weighted by molar-refractivity contribution is -0.124. The summed E-state index contributed by atoms with van der Waals surface area (Å²) >= 11 is 3.43. The number of benzene rings is 2. The van der Waals surface area contributed by atoms with Crippen molar-refractivity contribution in [3.63, 3.8) is 0 Å². The molecule has 2 aromatic carbocycles. The third-order valence-electron chi connectivity index (χ3n) is 4.35. The Kier molecular flexibility index (Phi) is 5.35. The van der Waals surface area contributed by atoms with Crippen molar-refractivity contribution in [2.75, 3.05) is 0 Å². The highest BCUT2D eigenvalue weighted by atomic mass is 79.9. The highest BCUT2D eigenvalue weighted by Crippen LogP contribution is 2.33. The summed E-state index contributed by atoms with van der Waals surface area (Å²) < 4.78 is 1.04. The standard InChI is InChI=1S/C19H21BrO/c1-3-19(4-2,16-8-6-5-7-9-16)18(21)14-15-10-12-17(20)13-11-15/h5-13H,3-4,14H2,1-2H3. The summed E-state index contributed by atoms with van der Waals surface area (Å²) in [6, 6.07) is 18.2. The van der Waals surface area contributed by atoms with Crippen molar-refractivity contribution in [1.29, 1.82) is 0 Å². The van der Waals surface area contributed by atoms with Gasteiger partial charge in [-0.15, -0.1) is 0 Å². The number of Topliss-reactive ketones (excluding diaryl/α,β-unsaturated/α-hetero) is 1. The van der Waals surface area contributed by atoms with Gasteiger partial charge in [0.05, 0.1) is 5.41 Å². The lowest BCUT2D eigenvalue weighted by Gasteiger charge is -2.31. The first-order chi connectivity index (χ1) is 10.1. The third kappa shape index (κ3) is 3.44. The molecular weight excluding hydrogens is 324 g/mol. The van der Waals surface area contributed by atoms with Crippen LogP contribution >= 0.6 is 15.9 Å². The topological polar surface area (TPSA) is 17.1 Å². The van der Waals surface area contributed by atoms with Crippen molar-refractivity contribution in [3.05, 3.63) is 70.2 Å². The Hall–Kier alpha value is -1.41. The van der Waals surface area contributed by atoms with Crippen molar-refractivity contribution < 1.29 is 4.79 Å². The van der Waals surface area contributed by atoms with Crippen LogP contribution in [0.15, 0.2) is 59.1 Å². The number of hydrogen-bond donors (Lipinski definition) is 0. The molecule has 21 heavy (non-hydrogen) atoms. The molecule has 1 nitrogen and oxygen atoms in total. The second-order valence-corrected chi connectivity index (χ2v) is 6.30. The van der Waals surface area contributed by atoms with E-state index < -0.39 is 0 Å². The molecule has 0 N–H and O–H groups in total. The minimum atomic E-state index is -0.367. The Balaban J connectivity index is 2.30. The molecule has 0 atom stereocenters. The van der Waals surface area contributed by atoms with E-state index in [0.29, 0.717) is 12.2 Å². The molecule has 0 amide bonds. The minimum Gasteiger partial charge on any atom is -0.298 e. The van der Waals surface area contributed by atoms with E-state index in [2.05, 4.69) is 41.9 Å². The van der Waals surface area contributed by atoms with Gasteiger partial charge in [-0.25, -0.2) is 0 Å². The number of carbonyl (C=O) groups excluding carboxylic acids is 1. The molecule has 0 aliphatic rings. The number of hydrogen-bond acceptors (Lipinski definition) is 1. The van der Waals surface area contributed by atoms with E-state index in [4.69, 9.17) is 0 Å². The highest BCUT2D eigenvalue weighted by Gasteiger charge is 2.35. The van der Waals surface area contributed by atoms with Crippen molar-refractivity contribution in [1.82, 2.24) is 0 Å². The Morgan fingerprint density at radius 3 is 2.05 bits per heavy atom. The Morgan fingerprint density at radius 2 is 1.52 bits per heavy atom. The lowest BCUT2D eigenvalue weighted by Crippen LogP contribution is -2.36. The summed E-state index contributed by atoms with van der Waals surface area (Å²) in [6.07, 6.45) is 2.16. The van der Waals surface area contributed by atoms with Crippen LogP contribution < -0.4 is 0 Å². The highest BCUT2D eigenvalue weighted by molar-refractivity contribution is 9.10. The van der Waals surface area contributed by atoms with Crippen LogP contribution in [0.4, 0.5) is 0 Å². The molecule has 0 aromatic heterocycles. The molecular formula is C19H21BrO. The van der Waals surface area contributed by atoms with E-state index in [1.807, 2.05) is 42.5 Å². The lowest BCUT2D eigenvalue weighted by atomic mass is 9.71. The predicted octanol–water partition coefficient (Wildman–Crippen LogP) is 5.32. The Labute approximate surface area is 135 Å². The maximum absolute atomic E-state index is 13.0. The molecule has 0 fully saturated rings. The van der Waals surface area contributed by atoms with Gasteiger partial charge < -0.3 is 0 Å². The Morgan fingerprint density at radius 1 is 0.952 bits per heavy atom. The van der Waals surface area contributed by atoms with Crippen molar-refractivity contribution >= 4 is 21.7 Å². The monoisotopic (exact) mass is 344 g/mol. The molecule has 0 unspecified atom stereocenters. The average Bonchev–Trinajstić information content (AvgIpc) is 2.52. The summed E-state index contributed by atoms with van der Waals surface area (Å²) in [5.74, 6) is 0.307. The second-order valence-electron chi connectivity index (χ2n) is 5.38. The van der Waals surface area contributed by atoms with Gasteiger partial charge in [-0.1, -0.05) is 72.2 Å². The van der Waals surface area contributed by atoms with Crippen LogP contribution in [0.3, 0.4) is 0 Å². The van der Waals surface area contributed by atoms with Gasteiger partial charge in [-0.05, 0) is 36.1 Å². The molecule has 110 valence electrons. The minimum absolute atomic E-state index is 0.307. The van der Waals surface area contributed by atoms with Crippen LogP contribution in [0.5, 0.6) is 0 Å². The Bertz CT molecular complexity index is 583. The molecule has 2 rings (SSSR count). The summed E-state index contributed by atoms with van der Waals surface area (Å²) in [5.41, 5.74) is 1.84. The van der Waals surface area contributed by atoms with Gasteiger partial charge in [0.25, 0.3) is 0 Å². The first-order valence-corrected chi connectivity index (χ1v) is 8.25. The molecule has 0 heterocycles. The zero-order valence-electron chi connectivity index (χ0n) is 12.6. The number of ketones is 1. The van der Waals surface area contributed by atoms with Gasteiger partial charge in [0.2, 0.25) is 0 Å². The van der Waals surface area contributed by atoms with E-state index in [0.717, 1.165) is 28.4 Å². The van der Waals surface area contributed by atoms with E-state index in [1.165, 1.54) is 0 Å². The number of halogens is 1. The van der Waals surface area contributed by atoms with Gasteiger partial charge in [0.1, 0.15) is 5.78 Å². The van der Waals surface area contributed by atoms with Crippen molar-refractivity contribution in [2.45, 2.75) is 38.5 Å². The number of rotatable bonds is 6. The van der Waals surface area contributed by atoms with Gasteiger partial charge in [-0.3, -0.25) is 4.79 Å². The fourth-order valence-electron chi connectivity index (χ4n) is 2.93. The molecule has 2 heteroatoms. The quantitative estimate of drug-likeness (QED) is 0.693. The maximum Gasteiger partial charge on any atom is 0.147 e. The summed E-state index contributed by atoms with van der Waals surface area (Å²) in [5, 5.41) is 0. The molecule has 0 bridgehead atoms. The smallest absolute Gasteiger partial charge is 0.147 e. The summed E-state index contributed by atoms with van der Waals surface area (Å²) in [7, 11) is 0. The second kappa shape index (κ2) is 7.04. The van der Waals surface area contributed by atoms with Gasteiger partial charge >= 0.3 is 0 Å².